The van der Waals surface area contributed by atoms with E-state index in [2.05, 4.69) is 0 Å². The van der Waals surface area contributed by atoms with Gasteiger partial charge < -0.3 is 10.2 Å². The first-order valence-corrected chi connectivity index (χ1v) is 4.22. The monoisotopic (exact) mass is 193 g/mol. The topological polar surface area (TPSA) is 74.6 Å². The molecule has 0 spiro atoms. The van der Waals surface area contributed by atoms with Crippen molar-refractivity contribution in [2.45, 2.75) is 32.6 Å². The zero-order valence-electron chi connectivity index (χ0n) is 8.62. The molecule has 0 aromatic heterocycles. The van der Waals surface area contributed by atoms with Crippen LogP contribution >= 0.6 is 0 Å². The van der Waals surface area contributed by atoms with Gasteiger partial charge in [0.2, 0.25) is 0 Å². The summed E-state index contributed by atoms with van der Waals surface area (Å²) in [4.78, 5) is 20.7. The van der Waals surface area contributed by atoms with Crippen LogP contribution in [0.2, 0.25) is 0 Å². The Morgan fingerprint density at radius 1 is 1.29 bits per heavy atom. The van der Waals surface area contributed by atoms with Gasteiger partial charge in [-0.3, -0.25) is 4.79 Å². The van der Waals surface area contributed by atoms with E-state index in [1.165, 1.54) is 6.08 Å². The van der Waals surface area contributed by atoms with E-state index in [1.807, 2.05) is 6.92 Å². The molecule has 75 valence electrons. The van der Waals surface area contributed by atoms with E-state index >= 15 is 0 Å². The maximum absolute atomic E-state index is 10.5. The van der Waals surface area contributed by atoms with Crippen LogP contribution in [-0.2, 0) is 9.59 Å². The molecule has 0 amide bonds. The minimum Gasteiger partial charge on any atom is -0.481 e. The normalized spacial score (nSPS) is 10.5. The van der Waals surface area contributed by atoms with Crippen molar-refractivity contribution in [2.24, 2.45) is 0 Å². The van der Waals surface area contributed by atoms with Gasteiger partial charge >= 0.3 is 11.9 Å². The second-order valence-electron chi connectivity index (χ2n) is 2.75. The standard InChI is InChI=1S/C9H14O4.Li/c1-2-3-4-5-7(9(12)13)6-8(10)11;/h5H,2-4,6H2,1H3,(H,10,11)(H,12,13);. The molecular formula is C9H14LiO4. The van der Waals surface area contributed by atoms with Gasteiger partial charge in [0, 0.05) is 24.4 Å². The van der Waals surface area contributed by atoms with Gasteiger partial charge in [-0.15, -0.1) is 0 Å². The number of hydrogen-bond donors (Lipinski definition) is 2. The molecule has 0 aliphatic rings. The first-order chi connectivity index (χ1) is 6.07. The first kappa shape index (κ1) is 15.7. The van der Waals surface area contributed by atoms with Crippen LogP contribution in [0.4, 0.5) is 0 Å². The molecule has 4 nitrogen and oxygen atoms in total. The Balaban J connectivity index is 0. The van der Waals surface area contributed by atoms with Crippen LogP contribution in [0.25, 0.3) is 0 Å². The summed E-state index contributed by atoms with van der Waals surface area (Å²) >= 11 is 0. The van der Waals surface area contributed by atoms with Gasteiger partial charge in [0.1, 0.15) is 0 Å². The van der Waals surface area contributed by atoms with Crippen LogP contribution in [0.1, 0.15) is 32.6 Å². The second kappa shape index (κ2) is 8.86. The van der Waals surface area contributed by atoms with Gasteiger partial charge in [-0.05, 0) is 6.42 Å². The fraction of sp³-hybridized carbons (Fsp3) is 0.556. The number of unbranched alkanes of at least 4 members (excludes halogenated alkanes) is 2. The maximum Gasteiger partial charge on any atom is 0.331 e. The molecule has 0 saturated heterocycles. The van der Waals surface area contributed by atoms with Crippen molar-refractivity contribution in [3.63, 3.8) is 0 Å². The molecular weight excluding hydrogens is 179 g/mol. The third kappa shape index (κ3) is 7.90. The number of rotatable bonds is 6. The smallest absolute Gasteiger partial charge is 0.331 e. The summed E-state index contributed by atoms with van der Waals surface area (Å²) in [7, 11) is 0. The molecule has 1 radical (unpaired) electrons. The van der Waals surface area contributed by atoms with Crippen LogP contribution in [0, 0.1) is 0 Å². The number of carbonyl (C=O) groups is 2. The van der Waals surface area contributed by atoms with E-state index in [9.17, 15) is 9.59 Å². The van der Waals surface area contributed by atoms with Crippen molar-refractivity contribution in [2.75, 3.05) is 0 Å². The van der Waals surface area contributed by atoms with E-state index in [1.54, 1.807) is 0 Å². The summed E-state index contributed by atoms with van der Waals surface area (Å²) in [6, 6.07) is 0. The van der Waals surface area contributed by atoms with Crippen molar-refractivity contribution in [1.29, 1.82) is 0 Å². The van der Waals surface area contributed by atoms with E-state index in [0.29, 0.717) is 6.42 Å². The molecule has 2 N–H and O–H groups in total. The zero-order valence-corrected chi connectivity index (χ0v) is 8.62. The number of aliphatic carboxylic acids is 2. The molecule has 0 fully saturated rings. The van der Waals surface area contributed by atoms with Gasteiger partial charge in [-0.2, -0.15) is 0 Å². The Labute approximate surface area is 95.2 Å². The van der Waals surface area contributed by atoms with Gasteiger partial charge in [-0.1, -0.05) is 25.8 Å². The Bertz CT molecular complexity index is 223. The maximum atomic E-state index is 10.5. The first-order valence-electron chi connectivity index (χ1n) is 4.22. The third-order valence-electron chi connectivity index (χ3n) is 1.56. The predicted octanol–water partition coefficient (Wildman–Crippen LogP) is 1.28. The average Bonchev–Trinajstić information content (AvgIpc) is 2.02. The molecule has 5 heteroatoms. The fourth-order valence-corrected chi connectivity index (χ4v) is 0.878. The molecule has 0 rings (SSSR count). The minimum atomic E-state index is -1.14. The van der Waals surface area contributed by atoms with Crippen molar-refractivity contribution in [1.82, 2.24) is 0 Å². The molecule has 0 aliphatic carbocycles. The molecule has 0 aromatic rings. The number of allylic oxidation sites excluding steroid dienone is 1. The summed E-state index contributed by atoms with van der Waals surface area (Å²) in [6.07, 6.45) is 3.57. The number of carboxylic acid groups (broad SMARTS) is 2. The number of carboxylic acids is 2. The summed E-state index contributed by atoms with van der Waals surface area (Å²) in [5.74, 6) is -2.25. The predicted molar refractivity (Wildman–Crippen MR) is 53.3 cm³/mol. The van der Waals surface area contributed by atoms with Crippen LogP contribution < -0.4 is 0 Å². The molecule has 0 unspecified atom stereocenters. The summed E-state index contributed by atoms with van der Waals surface area (Å²) in [6.45, 7) is 1.99. The van der Waals surface area contributed by atoms with Crippen LogP contribution in [0.3, 0.4) is 0 Å². The van der Waals surface area contributed by atoms with Crippen LogP contribution in [0.15, 0.2) is 11.6 Å². The minimum absolute atomic E-state index is 0. The molecule has 0 aromatic carbocycles. The van der Waals surface area contributed by atoms with E-state index in [0.717, 1.165) is 12.8 Å². The molecule has 0 heterocycles. The van der Waals surface area contributed by atoms with Crippen molar-refractivity contribution in [3.05, 3.63) is 11.6 Å². The Morgan fingerprint density at radius 3 is 2.21 bits per heavy atom. The molecule has 14 heavy (non-hydrogen) atoms. The van der Waals surface area contributed by atoms with E-state index < -0.39 is 18.4 Å². The Kier molecular flexibility index (Phi) is 9.96. The quantitative estimate of drug-likeness (QED) is 0.378. The largest absolute Gasteiger partial charge is 0.481 e. The van der Waals surface area contributed by atoms with Crippen molar-refractivity contribution in [3.8, 4) is 0 Å². The van der Waals surface area contributed by atoms with Gasteiger partial charge in [-0.25, -0.2) is 4.79 Å². The summed E-state index contributed by atoms with van der Waals surface area (Å²) in [5.41, 5.74) is -0.0269. The molecule has 0 bridgehead atoms. The van der Waals surface area contributed by atoms with Gasteiger partial charge in [0.25, 0.3) is 0 Å². The molecule has 0 aliphatic heterocycles. The SMILES string of the molecule is CCCCC=C(CC(=O)O)C(=O)O.[Li]. The summed E-state index contributed by atoms with van der Waals surface area (Å²) < 4.78 is 0. The van der Waals surface area contributed by atoms with Crippen LogP contribution in [0.5, 0.6) is 0 Å². The third-order valence-corrected chi connectivity index (χ3v) is 1.56. The average molecular weight is 193 g/mol. The zero-order chi connectivity index (χ0) is 10.3. The number of hydrogen-bond acceptors (Lipinski definition) is 2. The van der Waals surface area contributed by atoms with E-state index in [4.69, 9.17) is 10.2 Å². The molecule has 0 atom stereocenters. The fourth-order valence-electron chi connectivity index (χ4n) is 0.878. The Morgan fingerprint density at radius 2 is 1.86 bits per heavy atom. The van der Waals surface area contributed by atoms with Gasteiger partial charge in [0.05, 0.1) is 6.42 Å². The van der Waals surface area contributed by atoms with Crippen molar-refractivity contribution >= 4 is 30.8 Å². The van der Waals surface area contributed by atoms with E-state index in [-0.39, 0.29) is 24.4 Å². The van der Waals surface area contributed by atoms with Crippen molar-refractivity contribution < 1.29 is 19.8 Å². The Hall–Kier alpha value is -0.723. The molecule has 0 saturated carbocycles. The van der Waals surface area contributed by atoms with Crippen LogP contribution in [-0.4, -0.2) is 41.0 Å². The summed E-state index contributed by atoms with van der Waals surface area (Å²) in [5, 5.41) is 17.0. The van der Waals surface area contributed by atoms with Gasteiger partial charge in [0.15, 0.2) is 0 Å². The second-order valence-corrected chi connectivity index (χ2v) is 2.75.